The Morgan fingerprint density at radius 2 is 2.07 bits per heavy atom. The van der Waals surface area contributed by atoms with E-state index in [-0.39, 0.29) is 5.56 Å². The van der Waals surface area contributed by atoms with Crippen LogP contribution in [0.15, 0.2) is 36.5 Å². The molecule has 3 heteroatoms. The van der Waals surface area contributed by atoms with Gasteiger partial charge in [-0.05, 0) is 12.1 Å². The number of carboxylic acid groups (broad SMARTS) is 1. The summed E-state index contributed by atoms with van der Waals surface area (Å²) in [6.45, 7) is 0. The van der Waals surface area contributed by atoms with Gasteiger partial charge in [0.15, 0.2) is 6.20 Å². The molecule has 3 nitrogen and oxygen atoms in total. The Morgan fingerprint density at radius 3 is 2.79 bits per heavy atom. The summed E-state index contributed by atoms with van der Waals surface area (Å²) in [6, 6.07) is 9.23. The van der Waals surface area contributed by atoms with Crippen molar-refractivity contribution in [3.8, 4) is 0 Å². The van der Waals surface area contributed by atoms with E-state index in [4.69, 9.17) is 0 Å². The fourth-order valence-electron chi connectivity index (χ4n) is 1.53. The first-order valence-corrected chi connectivity index (χ1v) is 4.28. The van der Waals surface area contributed by atoms with Gasteiger partial charge >= 0.3 is 0 Å². The molecule has 0 unspecified atom stereocenters. The summed E-state index contributed by atoms with van der Waals surface area (Å²) >= 11 is 0. The van der Waals surface area contributed by atoms with Crippen LogP contribution < -0.4 is 9.67 Å². The van der Waals surface area contributed by atoms with Crippen molar-refractivity contribution in [3.63, 3.8) is 0 Å². The molecule has 2 rings (SSSR count). The predicted octanol–water partition coefficient (Wildman–Crippen LogP) is 0.0278. The molecule has 0 bridgehead atoms. The topological polar surface area (TPSA) is 44.0 Å². The van der Waals surface area contributed by atoms with Crippen LogP contribution in [0.5, 0.6) is 0 Å². The Bertz CT molecular complexity index is 506. The number of hydrogen-bond donors (Lipinski definition) is 0. The Labute approximate surface area is 81.2 Å². The van der Waals surface area contributed by atoms with Crippen LogP contribution in [-0.2, 0) is 7.05 Å². The molecule has 1 aromatic carbocycles. The molecular weight excluding hydrogens is 178 g/mol. The highest BCUT2D eigenvalue weighted by molar-refractivity contribution is 5.89. The van der Waals surface area contributed by atoms with Crippen molar-refractivity contribution in [1.82, 2.24) is 0 Å². The monoisotopic (exact) mass is 187 g/mol. The van der Waals surface area contributed by atoms with Gasteiger partial charge < -0.3 is 9.90 Å². The lowest BCUT2D eigenvalue weighted by Crippen LogP contribution is -2.32. The minimum atomic E-state index is -1.15. The highest BCUT2D eigenvalue weighted by Gasteiger charge is 2.06. The summed E-state index contributed by atoms with van der Waals surface area (Å²) in [5, 5.41) is 11.6. The molecule has 0 radical (unpaired) electrons. The third kappa shape index (κ3) is 1.33. The first kappa shape index (κ1) is 8.69. The van der Waals surface area contributed by atoms with Crippen molar-refractivity contribution in [3.05, 3.63) is 42.1 Å². The highest BCUT2D eigenvalue weighted by Crippen LogP contribution is 2.10. The van der Waals surface area contributed by atoms with Crippen molar-refractivity contribution in [2.75, 3.05) is 0 Å². The summed E-state index contributed by atoms with van der Waals surface area (Å²) in [7, 11) is 1.81. The maximum Gasteiger partial charge on any atom is 0.212 e. The van der Waals surface area contributed by atoms with Gasteiger partial charge in [0.05, 0.1) is 11.5 Å². The van der Waals surface area contributed by atoms with Crippen LogP contribution in [0.1, 0.15) is 10.4 Å². The maximum atomic E-state index is 10.7. The number of para-hydroxylation sites is 1. The van der Waals surface area contributed by atoms with Crippen molar-refractivity contribution in [2.45, 2.75) is 0 Å². The SMILES string of the molecule is C[n+]1cc(C(=O)[O-])cc2ccccc21. The van der Waals surface area contributed by atoms with Crippen LogP contribution in [0.25, 0.3) is 10.9 Å². The number of benzene rings is 1. The number of aromatic carboxylic acids is 1. The van der Waals surface area contributed by atoms with E-state index in [0.717, 1.165) is 10.9 Å². The second kappa shape index (κ2) is 3.10. The molecule has 0 fully saturated rings. The number of nitrogens with zero attached hydrogens (tertiary/aromatic N) is 1. The number of fused-ring (bicyclic) bond motifs is 1. The van der Waals surface area contributed by atoms with E-state index in [1.54, 1.807) is 16.8 Å². The molecule has 1 aromatic heterocycles. The Hall–Kier alpha value is -1.90. The van der Waals surface area contributed by atoms with Gasteiger partial charge in [-0.3, -0.25) is 0 Å². The van der Waals surface area contributed by atoms with E-state index < -0.39 is 5.97 Å². The molecule has 0 N–H and O–H groups in total. The lowest BCUT2D eigenvalue weighted by Gasteiger charge is -2.02. The second-order valence-corrected chi connectivity index (χ2v) is 3.19. The number of rotatable bonds is 1. The quantitative estimate of drug-likeness (QED) is 0.591. The van der Waals surface area contributed by atoms with Gasteiger partial charge in [0.1, 0.15) is 7.05 Å². The largest absolute Gasteiger partial charge is 0.545 e. The summed E-state index contributed by atoms with van der Waals surface area (Å²) in [5.74, 6) is -1.15. The van der Waals surface area contributed by atoms with Gasteiger partial charge in [-0.1, -0.05) is 12.1 Å². The first-order chi connectivity index (χ1) is 6.68. The molecule has 1 heterocycles. The zero-order chi connectivity index (χ0) is 10.1. The Morgan fingerprint density at radius 1 is 1.36 bits per heavy atom. The normalized spacial score (nSPS) is 10.4. The van der Waals surface area contributed by atoms with Crippen LogP contribution in [0, 0.1) is 0 Å². The van der Waals surface area contributed by atoms with E-state index in [9.17, 15) is 9.90 Å². The molecular formula is C11H9NO2. The minimum absolute atomic E-state index is 0.200. The molecule has 0 saturated heterocycles. The zero-order valence-corrected chi connectivity index (χ0v) is 7.73. The van der Waals surface area contributed by atoms with Gasteiger partial charge in [-0.2, -0.15) is 0 Å². The molecule has 2 aromatic rings. The molecule has 0 atom stereocenters. The number of hydrogen-bond acceptors (Lipinski definition) is 2. The summed E-state index contributed by atoms with van der Waals surface area (Å²) in [5.41, 5.74) is 1.20. The van der Waals surface area contributed by atoms with Gasteiger partial charge in [0.2, 0.25) is 5.52 Å². The van der Waals surface area contributed by atoms with Crippen molar-refractivity contribution in [1.29, 1.82) is 0 Å². The Kier molecular flexibility index (Phi) is 1.93. The van der Waals surface area contributed by atoms with Crippen LogP contribution in [-0.4, -0.2) is 5.97 Å². The van der Waals surface area contributed by atoms with E-state index in [0.29, 0.717) is 0 Å². The number of carbonyl (C=O) groups excluding carboxylic acids is 1. The van der Waals surface area contributed by atoms with E-state index in [1.807, 2.05) is 31.3 Å². The summed E-state index contributed by atoms with van der Waals surface area (Å²) in [6.07, 6.45) is 1.55. The van der Waals surface area contributed by atoms with Gasteiger partial charge in [-0.25, -0.2) is 4.57 Å². The molecule has 14 heavy (non-hydrogen) atoms. The maximum absolute atomic E-state index is 10.7. The second-order valence-electron chi connectivity index (χ2n) is 3.19. The molecule has 0 aliphatic rings. The molecule has 70 valence electrons. The fourth-order valence-corrected chi connectivity index (χ4v) is 1.53. The lowest BCUT2D eigenvalue weighted by molar-refractivity contribution is -0.645. The minimum Gasteiger partial charge on any atom is -0.545 e. The van der Waals surface area contributed by atoms with Crippen LogP contribution in [0.2, 0.25) is 0 Å². The number of aryl methyl sites for hydroxylation is 1. The molecule has 0 spiro atoms. The molecule has 0 amide bonds. The highest BCUT2D eigenvalue weighted by atomic mass is 16.4. The number of aromatic nitrogens is 1. The van der Waals surface area contributed by atoms with Gasteiger partial charge in [0, 0.05) is 11.5 Å². The molecule has 0 aliphatic heterocycles. The Balaban J connectivity index is 2.78. The average molecular weight is 187 g/mol. The third-order valence-electron chi connectivity index (χ3n) is 2.20. The van der Waals surface area contributed by atoms with E-state index in [2.05, 4.69) is 0 Å². The number of pyridine rings is 1. The number of carboxylic acids is 1. The fraction of sp³-hybridized carbons (Fsp3) is 0.0909. The average Bonchev–Trinajstić information content (AvgIpc) is 2.17. The van der Waals surface area contributed by atoms with Crippen LogP contribution in [0.4, 0.5) is 0 Å². The smallest absolute Gasteiger partial charge is 0.212 e. The molecule has 0 aliphatic carbocycles. The predicted molar refractivity (Wildman–Crippen MR) is 49.5 cm³/mol. The number of carbonyl (C=O) groups is 1. The van der Waals surface area contributed by atoms with Gasteiger partial charge in [0.25, 0.3) is 0 Å². The lowest BCUT2D eigenvalue weighted by atomic mass is 10.1. The first-order valence-electron chi connectivity index (χ1n) is 4.28. The van der Waals surface area contributed by atoms with Crippen molar-refractivity contribution in [2.24, 2.45) is 7.05 Å². The van der Waals surface area contributed by atoms with Crippen LogP contribution >= 0.6 is 0 Å². The van der Waals surface area contributed by atoms with Crippen molar-refractivity contribution >= 4 is 16.9 Å². The standard InChI is InChI=1S/C11H9NO2/c1-12-7-9(11(13)14)6-8-4-2-3-5-10(8)12/h2-7H,1H3. The van der Waals surface area contributed by atoms with Crippen LogP contribution in [0.3, 0.4) is 0 Å². The van der Waals surface area contributed by atoms with Crippen molar-refractivity contribution < 1.29 is 14.5 Å². The van der Waals surface area contributed by atoms with E-state index >= 15 is 0 Å². The third-order valence-corrected chi connectivity index (χ3v) is 2.20. The van der Waals surface area contributed by atoms with Gasteiger partial charge in [-0.15, -0.1) is 0 Å². The molecule has 0 saturated carbocycles. The van der Waals surface area contributed by atoms with E-state index in [1.165, 1.54) is 0 Å². The summed E-state index contributed by atoms with van der Waals surface area (Å²) < 4.78 is 1.78. The zero-order valence-electron chi connectivity index (χ0n) is 7.73. The summed E-state index contributed by atoms with van der Waals surface area (Å²) in [4.78, 5) is 10.7.